The summed E-state index contributed by atoms with van der Waals surface area (Å²) in [5.74, 6) is 1.37. The molecule has 3 heterocycles. The highest BCUT2D eigenvalue weighted by molar-refractivity contribution is 6.08. The van der Waals surface area contributed by atoms with Crippen LogP contribution in [0.5, 0.6) is 5.75 Å². The third-order valence-corrected chi connectivity index (χ3v) is 5.71. The lowest BCUT2D eigenvalue weighted by atomic mass is 10.0. The van der Waals surface area contributed by atoms with Crippen LogP contribution in [-0.2, 0) is 0 Å². The molecule has 0 spiro atoms. The molecule has 1 saturated heterocycles. The van der Waals surface area contributed by atoms with Gasteiger partial charge in [-0.15, -0.1) is 0 Å². The topological polar surface area (TPSA) is 128 Å². The molecule has 0 saturated carbocycles. The first kappa shape index (κ1) is 22.9. The number of amides is 1. The van der Waals surface area contributed by atoms with E-state index in [1.165, 1.54) is 12.4 Å². The van der Waals surface area contributed by atoms with Crippen molar-refractivity contribution in [3.8, 4) is 11.8 Å². The van der Waals surface area contributed by atoms with E-state index < -0.39 is 0 Å². The van der Waals surface area contributed by atoms with Crippen LogP contribution < -0.4 is 25.6 Å². The number of carbonyl (C=O) groups excluding carboxylic acids is 1. The number of nitrogens with one attached hydrogen (secondary N) is 3. The number of nitrogens with zero attached hydrogens (tertiary/aromatic N) is 5. The van der Waals surface area contributed by atoms with Crippen molar-refractivity contribution in [2.45, 2.75) is 18.9 Å². The van der Waals surface area contributed by atoms with Gasteiger partial charge in [-0.25, -0.2) is 15.0 Å². The van der Waals surface area contributed by atoms with E-state index >= 15 is 0 Å². The van der Waals surface area contributed by atoms with Crippen molar-refractivity contribution in [3.05, 3.63) is 60.2 Å². The first-order chi connectivity index (χ1) is 16.6. The lowest BCUT2D eigenvalue weighted by Gasteiger charge is -2.34. The van der Waals surface area contributed by atoms with Crippen molar-refractivity contribution in [1.29, 1.82) is 5.26 Å². The average Bonchev–Trinajstić information content (AvgIpc) is 2.89. The normalized spacial score (nSPS) is 13.6. The van der Waals surface area contributed by atoms with Crippen LogP contribution in [0.15, 0.2) is 48.9 Å². The molecule has 1 aliphatic heterocycles. The maximum atomic E-state index is 13.3. The largest absolute Gasteiger partial charge is 0.497 e. The van der Waals surface area contributed by atoms with Gasteiger partial charge in [-0.3, -0.25) is 4.79 Å². The summed E-state index contributed by atoms with van der Waals surface area (Å²) >= 11 is 0. The summed E-state index contributed by atoms with van der Waals surface area (Å²) in [6, 6.07) is 11.3. The van der Waals surface area contributed by atoms with Crippen LogP contribution in [0.1, 0.15) is 28.9 Å². The summed E-state index contributed by atoms with van der Waals surface area (Å²) < 4.78 is 5.26. The molecule has 1 aliphatic rings. The van der Waals surface area contributed by atoms with E-state index in [4.69, 9.17) is 10.00 Å². The Morgan fingerprint density at radius 1 is 1.15 bits per heavy atom. The van der Waals surface area contributed by atoms with Crippen molar-refractivity contribution in [1.82, 2.24) is 20.3 Å². The predicted molar refractivity (Wildman–Crippen MR) is 130 cm³/mol. The summed E-state index contributed by atoms with van der Waals surface area (Å²) in [6.07, 6.45) is 6.36. The van der Waals surface area contributed by atoms with Gasteiger partial charge in [-0.2, -0.15) is 5.26 Å². The average molecular weight is 459 g/mol. The second-order valence-electron chi connectivity index (χ2n) is 7.89. The zero-order valence-corrected chi connectivity index (χ0v) is 19.1. The van der Waals surface area contributed by atoms with Gasteiger partial charge in [0.05, 0.1) is 30.8 Å². The molecule has 4 rings (SSSR count). The molecule has 174 valence electrons. The van der Waals surface area contributed by atoms with Crippen LogP contribution in [0.2, 0.25) is 0 Å². The number of pyridine rings is 1. The summed E-state index contributed by atoms with van der Waals surface area (Å²) in [6.45, 7) is 1.86. The molecule has 0 unspecified atom stereocenters. The van der Waals surface area contributed by atoms with Crippen LogP contribution in [0.4, 0.5) is 23.0 Å². The van der Waals surface area contributed by atoms with E-state index in [1.54, 1.807) is 19.4 Å². The summed E-state index contributed by atoms with van der Waals surface area (Å²) in [7, 11) is 3.58. The van der Waals surface area contributed by atoms with Gasteiger partial charge in [0.25, 0.3) is 5.91 Å². The minimum Gasteiger partial charge on any atom is -0.497 e. The van der Waals surface area contributed by atoms with Crippen LogP contribution in [0.25, 0.3) is 0 Å². The van der Waals surface area contributed by atoms with Gasteiger partial charge in [0.15, 0.2) is 5.69 Å². The van der Waals surface area contributed by atoms with Crippen molar-refractivity contribution < 1.29 is 9.53 Å². The molecule has 3 aromatic rings. The number of hydrogen-bond acceptors (Lipinski definition) is 9. The monoisotopic (exact) mass is 458 g/mol. The number of carbonyl (C=O) groups is 1. The molecule has 3 N–H and O–H groups in total. The van der Waals surface area contributed by atoms with Gasteiger partial charge in [0.1, 0.15) is 23.5 Å². The molecular weight excluding hydrogens is 432 g/mol. The van der Waals surface area contributed by atoms with Crippen molar-refractivity contribution >= 4 is 28.9 Å². The fraction of sp³-hybridized carbons (Fsp3) is 0.292. The van der Waals surface area contributed by atoms with Crippen molar-refractivity contribution in [2.75, 3.05) is 42.8 Å². The minimum absolute atomic E-state index is 0.231. The van der Waals surface area contributed by atoms with Gasteiger partial charge < -0.3 is 25.6 Å². The standard InChI is InChI=1S/C24H26N8O2/c1-32(18-6-8-26-9-7-18)21-11-22(31-23-15-27-17(12-25)13-28-23)29-14-20(21)24(33)30-16-4-3-5-19(10-16)34-2/h3-5,10-11,13-15,18,26H,6-9H2,1-2H3,(H,30,33)(H,28,29,31). The molecule has 1 fully saturated rings. The van der Waals surface area contributed by atoms with Gasteiger partial charge in [-0.05, 0) is 38.1 Å². The van der Waals surface area contributed by atoms with Gasteiger partial charge in [-0.1, -0.05) is 6.07 Å². The Morgan fingerprint density at radius 2 is 1.94 bits per heavy atom. The first-order valence-electron chi connectivity index (χ1n) is 11.0. The smallest absolute Gasteiger partial charge is 0.259 e. The van der Waals surface area contributed by atoms with Crippen LogP contribution in [0, 0.1) is 11.3 Å². The number of hydrogen-bond donors (Lipinski definition) is 3. The van der Waals surface area contributed by atoms with Crippen LogP contribution in [-0.4, -0.2) is 54.1 Å². The van der Waals surface area contributed by atoms with Gasteiger partial charge in [0, 0.05) is 37.1 Å². The van der Waals surface area contributed by atoms with E-state index in [1.807, 2.05) is 37.4 Å². The first-order valence-corrected chi connectivity index (χ1v) is 11.0. The lowest BCUT2D eigenvalue weighted by Crippen LogP contribution is -2.41. The Bertz CT molecular complexity index is 1190. The maximum absolute atomic E-state index is 13.3. The third-order valence-electron chi connectivity index (χ3n) is 5.71. The third kappa shape index (κ3) is 5.39. The zero-order valence-electron chi connectivity index (χ0n) is 19.1. The Balaban J connectivity index is 1.63. The summed E-state index contributed by atoms with van der Waals surface area (Å²) in [4.78, 5) is 28.0. The Kier molecular flexibility index (Phi) is 7.15. The van der Waals surface area contributed by atoms with Crippen LogP contribution in [0.3, 0.4) is 0 Å². The van der Waals surface area contributed by atoms with E-state index in [9.17, 15) is 4.79 Å². The molecule has 10 heteroatoms. The number of anilines is 4. The molecule has 1 aromatic carbocycles. The van der Waals surface area contributed by atoms with Gasteiger partial charge >= 0.3 is 0 Å². The second kappa shape index (κ2) is 10.6. The van der Waals surface area contributed by atoms with E-state index in [-0.39, 0.29) is 17.6 Å². The summed E-state index contributed by atoms with van der Waals surface area (Å²) in [5, 5.41) is 18.3. The predicted octanol–water partition coefficient (Wildman–Crippen LogP) is 2.94. The number of nitriles is 1. The molecule has 34 heavy (non-hydrogen) atoms. The number of aromatic nitrogens is 3. The lowest BCUT2D eigenvalue weighted by molar-refractivity contribution is 0.102. The molecule has 0 bridgehead atoms. The zero-order chi connectivity index (χ0) is 23.9. The number of benzene rings is 1. The number of rotatable bonds is 7. The number of ether oxygens (including phenoxy) is 1. The van der Waals surface area contributed by atoms with Crippen LogP contribution >= 0.6 is 0 Å². The SMILES string of the molecule is COc1cccc(NC(=O)c2cnc(Nc3cnc(C#N)cn3)cc2N(C)C2CCNCC2)c1. The molecule has 1 amide bonds. The molecule has 2 aromatic heterocycles. The highest BCUT2D eigenvalue weighted by atomic mass is 16.5. The van der Waals surface area contributed by atoms with Gasteiger partial charge in [0.2, 0.25) is 0 Å². The minimum atomic E-state index is -0.263. The molecule has 0 aliphatic carbocycles. The number of piperidine rings is 1. The van der Waals surface area contributed by atoms with E-state index in [0.29, 0.717) is 28.6 Å². The fourth-order valence-corrected chi connectivity index (χ4v) is 3.85. The van der Waals surface area contributed by atoms with Crippen molar-refractivity contribution in [2.24, 2.45) is 0 Å². The molecule has 0 atom stereocenters. The fourth-order valence-electron chi connectivity index (χ4n) is 3.85. The Labute approximate surface area is 198 Å². The highest BCUT2D eigenvalue weighted by Crippen LogP contribution is 2.28. The van der Waals surface area contributed by atoms with E-state index in [2.05, 4.69) is 35.8 Å². The summed E-state index contributed by atoms with van der Waals surface area (Å²) in [5.41, 5.74) is 2.08. The van der Waals surface area contributed by atoms with Crippen molar-refractivity contribution in [3.63, 3.8) is 0 Å². The molecule has 10 nitrogen and oxygen atoms in total. The van der Waals surface area contributed by atoms with E-state index in [0.717, 1.165) is 31.6 Å². The highest BCUT2D eigenvalue weighted by Gasteiger charge is 2.23. The quantitative estimate of drug-likeness (QED) is 0.489. The maximum Gasteiger partial charge on any atom is 0.259 e. The Hall–Kier alpha value is -4.23. The Morgan fingerprint density at radius 3 is 2.65 bits per heavy atom. The second-order valence-corrected chi connectivity index (χ2v) is 7.89. The molecular formula is C24H26N8O2. The number of methoxy groups -OCH3 is 1. The molecule has 0 radical (unpaired) electrons.